The van der Waals surface area contributed by atoms with Crippen molar-refractivity contribution in [3.05, 3.63) is 23.8 Å². The fourth-order valence-corrected chi connectivity index (χ4v) is 4.84. The van der Waals surface area contributed by atoms with Crippen LogP contribution in [0.4, 0.5) is 5.69 Å². The van der Waals surface area contributed by atoms with Crippen LogP contribution in [-0.2, 0) is 14.8 Å². The van der Waals surface area contributed by atoms with Crippen LogP contribution in [0.25, 0.3) is 0 Å². The van der Waals surface area contributed by atoms with Gasteiger partial charge >= 0.3 is 0 Å². The van der Waals surface area contributed by atoms with E-state index in [1.165, 1.54) is 6.07 Å². The Hall–Kier alpha value is -1.44. The standard InChI is InChI=1S/C19H31N3O3S/c1-14-5-7-16(13-17(14)26(24,25)22-19(2,3)4)21-18(23)8-6-15-9-11-20-12-10-15/h5,7,13,15,20,22H,6,8-12H2,1-4H3,(H,21,23). The number of rotatable bonds is 6. The van der Waals surface area contributed by atoms with Crippen molar-refractivity contribution in [3.63, 3.8) is 0 Å². The molecule has 1 aromatic rings. The van der Waals surface area contributed by atoms with Gasteiger partial charge in [0.05, 0.1) is 4.90 Å². The summed E-state index contributed by atoms with van der Waals surface area (Å²) >= 11 is 0. The maximum Gasteiger partial charge on any atom is 0.241 e. The Morgan fingerprint density at radius 1 is 1.23 bits per heavy atom. The molecule has 1 aliphatic heterocycles. The minimum absolute atomic E-state index is 0.0699. The Balaban J connectivity index is 2.03. The summed E-state index contributed by atoms with van der Waals surface area (Å²) in [6.45, 7) is 9.18. The fourth-order valence-electron chi connectivity index (χ4n) is 3.15. The fraction of sp³-hybridized carbons (Fsp3) is 0.632. The summed E-state index contributed by atoms with van der Waals surface area (Å²) in [4.78, 5) is 12.4. The average molecular weight is 382 g/mol. The molecule has 7 heteroatoms. The van der Waals surface area contributed by atoms with Crippen LogP contribution >= 0.6 is 0 Å². The number of hydrogen-bond acceptors (Lipinski definition) is 4. The zero-order valence-corrected chi connectivity index (χ0v) is 17.0. The lowest BCUT2D eigenvalue weighted by Crippen LogP contribution is -2.40. The van der Waals surface area contributed by atoms with Crippen LogP contribution in [0.1, 0.15) is 52.0 Å². The number of piperidine rings is 1. The lowest BCUT2D eigenvalue weighted by atomic mass is 9.93. The molecule has 0 spiro atoms. The van der Waals surface area contributed by atoms with Gasteiger partial charge in [-0.05, 0) is 83.7 Å². The number of anilines is 1. The number of nitrogens with one attached hydrogen (secondary N) is 3. The minimum atomic E-state index is -3.64. The number of amides is 1. The maximum absolute atomic E-state index is 12.6. The molecule has 1 aromatic carbocycles. The minimum Gasteiger partial charge on any atom is -0.326 e. The molecule has 0 aromatic heterocycles. The van der Waals surface area contributed by atoms with Crippen LogP contribution in [0.15, 0.2) is 23.1 Å². The summed E-state index contributed by atoms with van der Waals surface area (Å²) in [6.07, 6.45) is 3.55. The van der Waals surface area contributed by atoms with E-state index in [1.807, 2.05) is 0 Å². The van der Waals surface area contributed by atoms with Crippen LogP contribution in [0.5, 0.6) is 0 Å². The molecule has 26 heavy (non-hydrogen) atoms. The van der Waals surface area contributed by atoms with Gasteiger partial charge in [-0.3, -0.25) is 4.79 Å². The number of benzene rings is 1. The molecule has 1 fully saturated rings. The summed E-state index contributed by atoms with van der Waals surface area (Å²) in [5, 5.41) is 6.16. The van der Waals surface area contributed by atoms with Crippen molar-refractivity contribution >= 4 is 21.6 Å². The number of sulfonamides is 1. The van der Waals surface area contributed by atoms with E-state index in [9.17, 15) is 13.2 Å². The van der Waals surface area contributed by atoms with E-state index in [0.29, 0.717) is 23.6 Å². The third kappa shape index (κ3) is 6.37. The first kappa shape index (κ1) is 20.9. The Labute approximate surface area is 157 Å². The second kappa shape index (κ2) is 8.50. The molecule has 0 bridgehead atoms. The molecule has 1 aliphatic rings. The summed E-state index contributed by atoms with van der Waals surface area (Å²) in [5.74, 6) is 0.520. The highest BCUT2D eigenvalue weighted by Gasteiger charge is 2.24. The predicted octanol–water partition coefficient (Wildman–Crippen LogP) is 2.79. The molecule has 1 saturated heterocycles. The molecule has 0 saturated carbocycles. The van der Waals surface area contributed by atoms with E-state index in [2.05, 4.69) is 15.4 Å². The predicted molar refractivity (Wildman–Crippen MR) is 105 cm³/mol. The molecule has 0 aliphatic carbocycles. The van der Waals surface area contributed by atoms with Gasteiger partial charge in [0.2, 0.25) is 15.9 Å². The molecule has 1 amide bonds. The third-order valence-electron chi connectivity index (χ3n) is 4.44. The van der Waals surface area contributed by atoms with Gasteiger partial charge in [-0.15, -0.1) is 0 Å². The second-order valence-electron chi connectivity index (χ2n) is 8.12. The Morgan fingerprint density at radius 3 is 2.50 bits per heavy atom. The Morgan fingerprint density at radius 2 is 1.88 bits per heavy atom. The van der Waals surface area contributed by atoms with Crippen molar-refractivity contribution < 1.29 is 13.2 Å². The van der Waals surface area contributed by atoms with E-state index in [1.54, 1.807) is 39.8 Å². The highest BCUT2D eigenvalue weighted by Crippen LogP contribution is 2.23. The maximum atomic E-state index is 12.6. The quantitative estimate of drug-likeness (QED) is 0.707. The summed E-state index contributed by atoms with van der Waals surface area (Å²) < 4.78 is 27.9. The van der Waals surface area contributed by atoms with Crippen LogP contribution in [0.3, 0.4) is 0 Å². The van der Waals surface area contributed by atoms with Crippen molar-refractivity contribution in [2.45, 2.75) is 63.8 Å². The van der Waals surface area contributed by atoms with Crippen LogP contribution in [0, 0.1) is 12.8 Å². The van der Waals surface area contributed by atoms with Gasteiger partial charge < -0.3 is 10.6 Å². The van der Waals surface area contributed by atoms with Gasteiger partial charge in [0.25, 0.3) is 0 Å². The molecule has 3 N–H and O–H groups in total. The van der Waals surface area contributed by atoms with E-state index in [4.69, 9.17) is 0 Å². The van der Waals surface area contributed by atoms with Gasteiger partial charge in [0.15, 0.2) is 0 Å². The van der Waals surface area contributed by atoms with Gasteiger partial charge in [0.1, 0.15) is 0 Å². The zero-order chi connectivity index (χ0) is 19.4. The summed E-state index contributed by atoms with van der Waals surface area (Å²) in [7, 11) is -3.64. The number of aryl methyl sites for hydroxylation is 1. The van der Waals surface area contributed by atoms with Crippen molar-refractivity contribution in [1.29, 1.82) is 0 Å². The topological polar surface area (TPSA) is 87.3 Å². The molecule has 0 radical (unpaired) electrons. The zero-order valence-electron chi connectivity index (χ0n) is 16.2. The van der Waals surface area contributed by atoms with Crippen molar-refractivity contribution in [1.82, 2.24) is 10.0 Å². The van der Waals surface area contributed by atoms with Crippen molar-refractivity contribution in [2.75, 3.05) is 18.4 Å². The van der Waals surface area contributed by atoms with Gasteiger partial charge in [-0.2, -0.15) is 0 Å². The van der Waals surface area contributed by atoms with E-state index in [0.717, 1.165) is 32.4 Å². The molecule has 2 rings (SSSR count). The molecule has 146 valence electrons. The highest BCUT2D eigenvalue weighted by atomic mass is 32.2. The Kier molecular flexibility index (Phi) is 6.82. The third-order valence-corrected chi connectivity index (χ3v) is 6.34. The van der Waals surface area contributed by atoms with Crippen molar-refractivity contribution in [3.8, 4) is 0 Å². The SMILES string of the molecule is Cc1ccc(NC(=O)CCC2CCNCC2)cc1S(=O)(=O)NC(C)(C)C. The van der Waals surface area contributed by atoms with Crippen LogP contribution in [0.2, 0.25) is 0 Å². The molecular formula is C19H31N3O3S. The summed E-state index contributed by atoms with van der Waals surface area (Å²) in [6, 6.07) is 5.00. The molecule has 1 heterocycles. The first-order valence-electron chi connectivity index (χ1n) is 9.22. The second-order valence-corrected chi connectivity index (χ2v) is 9.77. The van der Waals surface area contributed by atoms with Crippen LogP contribution < -0.4 is 15.4 Å². The molecule has 0 atom stereocenters. The van der Waals surface area contributed by atoms with E-state index < -0.39 is 15.6 Å². The molecule has 0 unspecified atom stereocenters. The average Bonchev–Trinajstić information content (AvgIpc) is 2.53. The van der Waals surface area contributed by atoms with E-state index >= 15 is 0 Å². The van der Waals surface area contributed by atoms with Gasteiger partial charge in [-0.1, -0.05) is 6.07 Å². The largest absolute Gasteiger partial charge is 0.326 e. The van der Waals surface area contributed by atoms with E-state index in [-0.39, 0.29) is 10.8 Å². The normalized spacial score (nSPS) is 16.5. The summed E-state index contributed by atoms with van der Waals surface area (Å²) in [5.41, 5.74) is 0.592. The first-order chi connectivity index (χ1) is 12.1. The van der Waals surface area contributed by atoms with Gasteiger partial charge in [0, 0.05) is 17.6 Å². The smallest absolute Gasteiger partial charge is 0.241 e. The number of carbonyl (C=O) groups is 1. The highest BCUT2D eigenvalue weighted by molar-refractivity contribution is 7.89. The molecule has 6 nitrogen and oxygen atoms in total. The number of hydrogen-bond donors (Lipinski definition) is 3. The lowest BCUT2D eigenvalue weighted by molar-refractivity contribution is -0.116. The monoisotopic (exact) mass is 381 g/mol. The lowest BCUT2D eigenvalue weighted by Gasteiger charge is -2.22. The van der Waals surface area contributed by atoms with Crippen LogP contribution in [-0.4, -0.2) is 33.0 Å². The van der Waals surface area contributed by atoms with Gasteiger partial charge in [-0.25, -0.2) is 13.1 Å². The number of carbonyl (C=O) groups excluding carboxylic acids is 1. The molecular weight excluding hydrogens is 350 g/mol. The first-order valence-corrected chi connectivity index (χ1v) is 10.7. The Bertz CT molecular complexity index is 733. The van der Waals surface area contributed by atoms with Crippen molar-refractivity contribution in [2.24, 2.45) is 5.92 Å².